The number of furan rings is 1. The molecule has 6 heteroatoms. The second kappa shape index (κ2) is 8.80. The highest BCUT2D eigenvalue weighted by Crippen LogP contribution is 2.24. The van der Waals surface area contributed by atoms with E-state index in [0.717, 1.165) is 35.9 Å². The largest absolute Gasteiger partial charge is 0.468 e. The molecular weight excluding hydrogens is 322 g/mol. The summed E-state index contributed by atoms with van der Waals surface area (Å²) in [6, 6.07) is 13.7. The van der Waals surface area contributed by atoms with Gasteiger partial charge in [0.1, 0.15) is 5.76 Å². The predicted molar refractivity (Wildman–Crippen MR) is 97.0 cm³/mol. The monoisotopic (exact) mass is 345 g/mol. The Bertz CT molecular complexity index is 612. The third kappa shape index (κ3) is 4.79. The number of urea groups is 1. The van der Waals surface area contributed by atoms with Gasteiger partial charge in [-0.1, -0.05) is 30.3 Å². The van der Waals surface area contributed by atoms with Crippen LogP contribution in [0.25, 0.3) is 0 Å². The number of hydrogen-bond acceptors (Lipinski definition) is 4. The summed E-state index contributed by atoms with van der Waals surface area (Å²) in [5.41, 5.74) is 1.09. The average molecular weight is 345 g/mol. The van der Waals surface area contributed by atoms with Crippen LogP contribution in [0.2, 0.25) is 0 Å². The molecule has 0 spiro atoms. The normalized spacial score (nSPS) is 16.5. The SMILES string of the molecule is O=C(NCc1ccccc1)NC[C@@H](c1ccco1)N1CCSCC1. The molecule has 1 aliphatic heterocycles. The molecule has 0 unspecified atom stereocenters. The summed E-state index contributed by atoms with van der Waals surface area (Å²) in [4.78, 5) is 14.5. The highest BCUT2D eigenvalue weighted by Gasteiger charge is 2.24. The number of carbonyl (C=O) groups is 1. The molecule has 2 aromatic rings. The summed E-state index contributed by atoms with van der Waals surface area (Å²) in [5.74, 6) is 3.15. The Morgan fingerprint density at radius 1 is 1.12 bits per heavy atom. The van der Waals surface area contributed by atoms with Gasteiger partial charge in [-0.05, 0) is 17.7 Å². The average Bonchev–Trinajstić information content (AvgIpc) is 3.16. The smallest absolute Gasteiger partial charge is 0.315 e. The molecular formula is C18H23N3O2S. The maximum absolute atomic E-state index is 12.1. The Morgan fingerprint density at radius 3 is 2.62 bits per heavy atom. The van der Waals surface area contributed by atoms with Crippen LogP contribution in [-0.4, -0.2) is 42.1 Å². The van der Waals surface area contributed by atoms with Crippen molar-refractivity contribution in [2.24, 2.45) is 0 Å². The van der Waals surface area contributed by atoms with E-state index in [-0.39, 0.29) is 12.1 Å². The Balaban J connectivity index is 1.52. The minimum Gasteiger partial charge on any atom is -0.468 e. The second-order valence-electron chi connectivity index (χ2n) is 5.73. The van der Waals surface area contributed by atoms with Crippen LogP contribution < -0.4 is 10.6 Å². The van der Waals surface area contributed by atoms with Gasteiger partial charge in [-0.2, -0.15) is 11.8 Å². The molecule has 1 aliphatic rings. The highest BCUT2D eigenvalue weighted by atomic mass is 32.2. The second-order valence-corrected chi connectivity index (χ2v) is 6.95. The number of thioether (sulfide) groups is 1. The zero-order valence-electron chi connectivity index (χ0n) is 13.6. The zero-order valence-corrected chi connectivity index (χ0v) is 14.4. The van der Waals surface area contributed by atoms with Gasteiger partial charge in [-0.25, -0.2) is 4.79 Å². The maximum Gasteiger partial charge on any atom is 0.315 e. The van der Waals surface area contributed by atoms with Crippen molar-refractivity contribution in [3.8, 4) is 0 Å². The van der Waals surface area contributed by atoms with Crippen LogP contribution in [-0.2, 0) is 6.54 Å². The number of nitrogens with zero attached hydrogens (tertiary/aromatic N) is 1. The molecule has 0 radical (unpaired) electrons. The molecule has 1 atom stereocenters. The molecule has 5 nitrogen and oxygen atoms in total. The van der Waals surface area contributed by atoms with Gasteiger partial charge in [0, 0.05) is 37.7 Å². The first-order chi connectivity index (χ1) is 11.8. The van der Waals surface area contributed by atoms with E-state index in [1.807, 2.05) is 54.2 Å². The number of benzene rings is 1. The van der Waals surface area contributed by atoms with Crippen molar-refractivity contribution in [1.82, 2.24) is 15.5 Å². The number of nitrogens with one attached hydrogen (secondary N) is 2. The molecule has 2 heterocycles. The number of carbonyl (C=O) groups excluding carboxylic acids is 1. The highest BCUT2D eigenvalue weighted by molar-refractivity contribution is 7.99. The van der Waals surface area contributed by atoms with Crippen molar-refractivity contribution in [1.29, 1.82) is 0 Å². The Hall–Kier alpha value is -1.92. The molecule has 3 rings (SSSR count). The van der Waals surface area contributed by atoms with Crippen LogP contribution in [0, 0.1) is 0 Å². The molecule has 1 fully saturated rings. The van der Waals surface area contributed by atoms with E-state index in [0.29, 0.717) is 13.1 Å². The van der Waals surface area contributed by atoms with E-state index in [9.17, 15) is 4.79 Å². The summed E-state index contributed by atoms with van der Waals surface area (Å²) in [5, 5.41) is 5.88. The first-order valence-corrected chi connectivity index (χ1v) is 9.39. The van der Waals surface area contributed by atoms with Gasteiger partial charge in [0.2, 0.25) is 0 Å². The van der Waals surface area contributed by atoms with Crippen molar-refractivity contribution in [3.05, 3.63) is 60.1 Å². The molecule has 1 saturated heterocycles. The molecule has 128 valence electrons. The summed E-state index contributed by atoms with van der Waals surface area (Å²) >= 11 is 1.97. The summed E-state index contributed by atoms with van der Waals surface area (Å²) in [6.45, 7) is 3.10. The zero-order chi connectivity index (χ0) is 16.6. The topological polar surface area (TPSA) is 57.5 Å². The van der Waals surface area contributed by atoms with Crippen LogP contribution >= 0.6 is 11.8 Å². The molecule has 1 aromatic heterocycles. The van der Waals surface area contributed by atoms with Crippen LogP contribution in [0.3, 0.4) is 0 Å². The lowest BCUT2D eigenvalue weighted by molar-refractivity contribution is 0.185. The minimum atomic E-state index is -0.151. The predicted octanol–water partition coefficient (Wildman–Crippen LogP) is 2.87. The Kier molecular flexibility index (Phi) is 6.20. The van der Waals surface area contributed by atoms with Crippen molar-refractivity contribution in [2.75, 3.05) is 31.1 Å². The fourth-order valence-electron chi connectivity index (χ4n) is 2.81. The Morgan fingerprint density at radius 2 is 1.92 bits per heavy atom. The van der Waals surface area contributed by atoms with Gasteiger partial charge < -0.3 is 15.1 Å². The first kappa shape index (κ1) is 16.9. The third-order valence-corrected chi connectivity index (χ3v) is 5.05. The van der Waals surface area contributed by atoms with E-state index in [4.69, 9.17) is 4.42 Å². The minimum absolute atomic E-state index is 0.0865. The number of rotatable bonds is 6. The van der Waals surface area contributed by atoms with E-state index in [1.165, 1.54) is 0 Å². The number of amides is 2. The summed E-state index contributed by atoms with van der Waals surface area (Å²) in [7, 11) is 0. The van der Waals surface area contributed by atoms with Gasteiger partial charge in [0.05, 0.1) is 12.3 Å². The van der Waals surface area contributed by atoms with Crippen molar-refractivity contribution in [2.45, 2.75) is 12.6 Å². The molecule has 2 N–H and O–H groups in total. The molecule has 24 heavy (non-hydrogen) atoms. The van der Waals surface area contributed by atoms with Gasteiger partial charge >= 0.3 is 6.03 Å². The van der Waals surface area contributed by atoms with E-state index in [2.05, 4.69) is 15.5 Å². The lowest BCUT2D eigenvalue weighted by Crippen LogP contribution is -2.44. The maximum atomic E-state index is 12.1. The molecule has 0 saturated carbocycles. The molecule has 0 aliphatic carbocycles. The number of hydrogen-bond donors (Lipinski definition) is 2. The molecule has 0 bridgehead atoms. The molecule has 2 amide bonds. The fourth-order valence-corrected chi connectivity index (χ4v) is 3.74. The van der Waals surface area contributed by atoms with E-state index >= 15 is 0 Å². The van der Waals surface area contributed by atoms with Crippen LogP contribution in [0.15, 0.2) is 53.1 Å². The molecule has 1 aromatic carbocycles. The quantitative estimate of drug-likeness (QED) is 0.845. The lowest BCUT2D eigenvalue weighted by atomic mass is 10.2. The Labute approximate surface area is 146 Å². The lowest BCUT2D eigenvalue weighted by Gasteiger charge is -2.33. The van der Waals surface area contributed by atoms with Gasteiger partial charge in [0.25, 0.3) is 0 Å². The van der Waals surface area contributed by atoms with Crippen LogP contribution in [0.4, 0.5) is 4.79 Å². The van der Waals surface area contributed by atoms with Gasteiger partial charge in [-0.3, -0.25) is 4.90 Å². The van der Waals surface area contributed by atoms with Crippen molar-refractivity contribution >= 4 is 17.8 Å². The fraction of sp³-hybridized carbons (Fsp3) is 0.389. The van der Waals surface area contributed by atoms with Crippen LogP contribution in [0.1, 0.15) is 17.4 Å². The van der Waals surface area contributed by atoms with E-state index in [1.54, 1.807) is 6.26 Å². The van der Waals surface area contributed by atoms with Gasteiger partial charge in [0.15, 0.2) is 0 Å². The summed E-state index contributed by atoms with van der Waals surface area (Å²) < 4.78 is 5.59. The van der Waals surface area contributed by atoms with Crippen LogP contribution in [0.5, 0.6) is 0 Å². The standard InChI is InChI=1S/C18H23N3O2S/c22-18(19-13-15-5-2-1-3-6-15)20-14-16(17-7-4-10-23-17)21-8-11-24-12-9-21/h1-7,10,16H,8-9,11-14H2,(H2,19,20,22)/t16-/m0/s1. The third-order valence-electron chi connectivity index (χ3n) is 4.11. The van der Waals surface area contributed by atoms with E-state index < -0.39 is 0 Å². The summed E-state index contributed by atoms with van der Waals surface area (Å²) in [6.07, 6.45) is 1.69. The van der Waals surface area contributed by atoms with Crippen molar-refractivity contribution in [3.63, 3.8) is 0 Å². The van der Waals surface area contributed by atoms with Crippen molar-refractivity contribution < 1.29 is 9.21 Å². The van der Waals surface area contributed by atoms with Gasteiger partial charge in [-0.15, -0.1) is 0 Å². The first-order valence-electron chi connectivity index (χ1n) is 8.24.